The Morgan fingerprint density at radius 3 is 2.71 bits per heavy atom. The minimum Gasteiger partial charge on any atom is -0.494 e. The number of hydrogen-bond donors (Lipinski definition) is 1. The first-order chi connectivity index (χ1) is 8.12. The third-order valence-corrected chi connectivity index (χ3v) is 2.38. The summed E-state index contributed by atoms with van der Waals surface area (Å²) in [7, 11) is 1.27. The van der Waals surface area contributed by atoms with Gasteiger partial charge >= 0.3 is 0 Å². The number of ether oxygens (including phenoxy) is 1. The third kappa shape index (κ3) is 3.32. The lowest BCUT2D eigenvalue weighted by atomic mass is 10.3. The monoisotopic (exact) mass is 257 g/mol. The number of aliphatic imine (C=N–C) groups is 1. The first-order valence-electron chi connectivity index (χ1n) is 4.43. The predicted octanol–water partition coefficient (Wildman–Crippen LogP) is 2.39. The van der Waals surface area contributed by atoms with Gasteiger partial charge in [0.2, 0.25) is 0 Å². The lowest BCUT2D eigenvalue weighted by Gasteiger charge is -2.05. The van der Waals surface area contributed by atoms with Crippen LogP contribution in [0.25, 0.3) is 0 Å². The minimum absolute atomic E-state index is 0.102. The van der Waals surface area contributed by atoms with E-state index in [1.807, 2.05) is 0 Å². The molecule has 0 amide bonds. The summed E-state index contributed by atoms with van der Waals surface area (Å²) in [4.78, 5) is 3.84. The van der Waals surface area contributed by atoms with E-state index in [1.165, 1.54) is 7.11 Å². The maximum Gasteiger partial charge on any atom is 0.183 e. The molecule has 0 aliphatic carbocycles. The molecule has 0 saturated heterocycles. The van der Waals surface area contributed by atoms with Gasteiger partial charge in [0, 0.05) is 12.1 Å². The summed E-state index contributed by atoms with van der Waals surface area (Å²) in [6, 6.07) is 1.81. The van der Waals surface area contributed by atoms with Gasteiger partial charge in [0.15, 0.2) is 28.7 Å². The molecule has 17 heavy (non-hydrogen) atoms. The summed E-state index contributed by atoms with van der Waals surface area (Å²) in [5.41, 5.74) is -0.102. The van der Waals surface area contributed by atoms with Crippen LogP contribution in [0.4, 0.5) is 14.5 Å². The van der Waals surface area contributed by atoms with E-state index < -0.39 is 11.6 Å². The standard InChI is InChI=1S/C10H9F2N3OS/c1-16-9-4-8(6(11)3-7(9)12)15-10(17-2)14-5-13/h3-4H,1-2H3,(H,14,15). The fourth-order valence-corrected chi connectivity index (χ4v) is 1.38. The van der Waals surface area contributed by atoms with E-state index in [1.54, 1.807) is 12.4 Å². The van der Waals surface area contributed by atoms with Crippen molar-refractivity contribution in [2.45, 2.75) is 0 Å². The van der Waals surface area contributed by atoms with Gasteiger partial charge in [-0.2, -0.15) is 5.26 Å². The molecule has 1 aromatic rings. The number of methoxy groups -OCH3 is 1. The van der Waals surface area contributed by atoms with Gasteiger partial charge in [-0.25, -0.2) is 13.8 Å². The van der Waals surface area contributed by atoms with Crippen molar-refractivity contribution >= 4 is 22.6 Å². The SMILES string of the molecule is COc1cc(N=C(NC#N)SC)c(F)cc1F. The number of nitriles is 1. The number of nitrogens with one attached hydrogen (secondary N) is 1. The zero-order chi connectivity index (χ0) is 12.8. The highest BCUT2D eigenvalue weighted by Crippen LogP contribution is 2.27. The molecule has 7 heteroatoms. The van der Waals surface area contributed by atoms with E-state index in [-0.39, 0.29) is 16.6 Å². The number of halogens is 2. The first-order valence-corrected chi connectivity index (χ1v) is 5.65. The van der Waals surface area contributed by atoms with Crippen LogP contribution in [-0.4, -0.2) is 18.5 Å². The molecule has 0 heterocycles. The largest absolute Gasteiger partial charge is 0.494 e. The fraction of sp³-hybridized carbons (Fsp3) is 0.200. The average Bonchev–Trinajstić information content (AvgIpc) is 2.31. The smallest absolute Gasteiger partial charge is 0.183 e. The number of rotatable bonds is 2. The van der Waals surface area contributed by atoms with Crippen molar-refractivity contribution in [1.82, 2.24) is 5.32 Å². The highest BCUT2D eigenvalue weighted by atomic mass is 32.2. The molecule has 0 aliphatic heterocycles. The summed E-state index contributed by atoms with van der Waals surface area (Å²) < 4.78 is 31.2. The molecular formula is C10H9F2N3OS. The molecule has 1 rings (SSSR count). The second kappa shape index (κ2) is 6.06. The summed E-state index contributed by atoms with van der Waals surface area (Å²) in [6.07, 6.45) is 3.34. The Balaban J connectivity index is 3.18. The lowest BCUT2D eigenvalue weighted by molar-refractivity contribution is 0.384. The Labute approximate surface area is 101 Å². The van der Waals surface area contributed by atoms with Gasteiger partial charge in [-0.05, 0) is 6.26 Å². The van der Waals surface area contributed by atoms with Crippen LogP contribution in [0.1, 0.15) is 0 Å². The minimum atomic E-state index is -0.824. The number of hydrogen-bond acceptors (Lipinski definition) is 4. The zero-order valence-corrected chi connectivity index (χ0v) is 9.94. The number of nitrogens with zero attached hydrogens (tertiary/aromatic N) is 2. The molecule has 0 bridgehead atoms. The molecule has 1 N–H and O–H groups in total. The number of amidine groups is 1. The molecule has 0 atom stereocenters. The molecule has 1 aromatic carbocycles. The molecule has 0 saturated carbocycles. The van der Waals surface area contributed by atoms with Crippen molar-refractivity contribution in [2.24, 2.45) is 4.99 Å². The topological polar surface area (TPSA) is 57.4 Å². The van der Waals surface area contributed by atoms with Crippen LogP contribution in [0.15, 0.2) is 17.1 Å². The summed E-state index contributed by atoms with van der Waals surface area (Å²) >= 11 is 1.13. The summed E-state index contributed by atoms with van der Waals surface area (Å²) in [5, 5.41) is 10.9. The highest BCUT2D eigenvalue weighted by Gasteiger charge is 2.10. The molecular weight excluding hydrogens is 248 g/mol. The summed E-state index contributed by atoms with van der Waals surface area (Å²) in [5.74, 6) is -1.74. The van der Waals surface area contributed by atoms with Gasteiger partial charge in [-0.15, -0.1) is 0 Å². The first kappa shape index (κ1) is 13.3. The summed E-state index contributed by atoms with van der Waals surface area (Å²) in [6.45, 7) is 0. The van der Waals surface area contributed by atoms with Crippen molar-refractivity contribution in [2.75, 3.05) is 13.4 Å². The van der Waals surface area contributed by atoms with Crippen LogP contribution in [0.3, 0.4) is 0 Å². The highest BCUT2D eigenvalue weighted by molar-refractivity contribution is 8.13. The van der Waals surface area contributed by atoms with Gasteiger partial charge in [0.1, 0.15) is 5.69 Å². The molecule has 0 fully saturated rings. The Morgan fingerprint density at radius 2 is 2.18 bits per heavy atom. The molecule has 4 nitrogen and oxygen atoms in total. The van der Waals surface area contributed by atoms with Crippen molar-refractivity contribution in [3.63, 3.8) is 0 Å². The Hall–Kier alpha value is -1.81. The van der Waals surface area contributed by atoms with Crippen LogP contribution >= 0.6 is 11.8 Å². The van der Waals surface area contributed by atoms with Crippen LogP contribution in [-0.2, 0) is 0 Å². The number of benzene rings is 1. The Kier molecular flexibility index (Phi) is 4.72. The number of thioether (sulfide) groups is 1. The third-order valence-electron chi connectivity index (χ3n) is 1.80. The molecule has 0 radical (unpaired) electrons. The van der Waals surface area contributed by atoms with Crippen LogP contribution in [0, 0.1) is 23.1 Å². The van der Waals surface area contributed by atoms with Crippen molar-refractivity contribution in [1.29, 1.82) is 5.26 Å². The van der Waals surface area contributed by atoms with E-state index >= 15 is 0 Å². The van der Waals surface area contributed by atoms with E-state index in [4.69, 9.17) is 10.00 Å². The van der Waals surface area contributed by atoms with Crippen LogP contribution in [0.2, 0.25) is 0 Å². The van der Waals surface area contributed by atoms with Crippen molar-refractivity contribution < 1.29 is 13.5 Å². The Bertz CT molecular complexity index is 485. The lowest BCUT2D eigenvalue weighted by Crippen LogP contribution is -2.12. The van der Waals surface area contributed by atoms with Crippen LogP contribution < -0.4 is 10.1 Å². The van der Waals surface area contributed by atoms with Gasteiger partial charge < -0.3 is 4.74 Å². The second-order valence-corrected chi connectivity index (χ2v) is 3.59. The molecule has 0 unspecified atom stereocenters. The fourth-order valence-electron chi connectivity index (χ4n) is 1.04. The second-order valence-electron chi connectivity index (χ2n) is 2.80. The van der Waals surface area contributed by atoms with Gasteiger partial charge in [0.05, 0.1) is 7.11 Å². The molecule has 90 valence electrons. The van der Waals surface area contributed by atoms with E-state index in [2.05, 4.69) is 10.3 Å². The van der Waals surface area contributed by atoms with Crippen LogP contribution in [0.5, 0.6) is 5.75 Å². The van der Waals surface area contributed by atoms with E-state index in [0.29, 0.717) is 6.07 Å². The molecule has 0 aromatic heterocycles. The van der Waals surface area contributed by atoms with E-state index in [9.17, 15) is 8.78 Å². The normalized spacial score (nSPS) is 10.9. The molecule has 0 spiro atoms. The maximum absolute atomic E-state index is 13.4. The average molecular weight is 257 g/mol. The predicted molar refractivity (Wildman–Crippen MR) is 62.3 cm³/mol. The zero-order valence-electron chi connectivity index (χ0n) is 9.12. The quantitative estimate of drug-likeness (QED) is 0.382. The van der Waals surface area contributed by atoms with Gasteiger partial charge in [-0.3, -0.25) is 5.32 Å². The Morgan fingerprint density at radius 1 is 1.47 bits per heavy atom. The molecule has 0 aliphatic rings. The van der Waals surface area contributed by atoms with E-state index in [0.717, 1.165) is 17.8 Å². The van der Waals surface area contributed by atoms with Gasteiger partial charge in [-0.1, -0.05) is 11.8 Å². The van der Waals surface area contributed by atoms with Crippen molar-refractivity contribution in [3.8, 4) is 11.9 Å². The van der Waals surface area contributed by atoms with Gasteiger partial charge in [0.25, 0.3) is 0 Å². The maximum atomic E-state index is 13.4. The van der Waals surface area contributed by atoms with Crippen molar-refractivity contribution in [3.05, 3.63) is 23.8 Å².